The molecule has 0 aliphatic carbocycles. The highest BCUT2D eigenvalue weighted by molar-refractivity contribution is 5.72. The quantitative estimate of drug-likeness (QED) is 0.0395. The van der Waals surface area contributed by atoms with Crippen molar-refractivity contribution in [3.8, 4) is 0 Å². The third-order valence-electron chi connectivity index (χ3n) is 9.55. The molecule has 1 aliphatic rings. The Morgan fingerprint density at radius 3 is 1.28 bits per heavy atom. The number of rotatable bonds is 31. The summed E-state index contributed by atoms with van der Waals surface area (Å²) >= 11 is 0. The Hall–Kier alpha value is -2.16. The van der Waals surface area contributed by atoms with E-state index in [0.717, 1.165) is 19.3 Å². The van der Waals surface area contributed by atoms with Crippen LogP contribution in [0.4, 0.5) is 0 Å². The lowest BCUT2D eigenvalue weighted by Crippen LogP contribution is -2.65. The molecule has 4 atom stereocenters. The average molecular weight is 710 g/mol. The maximum atomic E-state index is 12.9. The van der Waals surface area contributed by atoms with Gasteiger partial charge in [0.25, 0.3) is 0 Å². The van der Waals surface area contributed by atoms with Crippen molar-refractivity contribution in [3.63, 3.8) is 0 Å². The maximum Gasteiger partial charge on any atom is 0.306 e. The average Bonchev–Trinajstić information content (AvgIpc) is 3.07. The number of ether oxygens (including phenoxy) is 4. The summed E-state index contributed by atoms with van der Waals surface area (Å²) in [7, 11) is 0. The van der Waals surface area contributed by atoms with Gasteiger partial charge in [-0.15, -0.1) is 0 Å². The topological polar surface area (TPSA) is 108 Å². The number of likely N-dealkylation sites (tertiary alicyclic amines) is 1. The van der Waals surface area contributed by atoms with Gasteiger partial charge in [0.05, 0.1) is 6.04 Å². The van der Waals surface area contributed by atoms with Crippen LogP contribution in [0.2, 0.25) is 0 Å². The molecule has 0 unspecified atom stereocenters. The lowest BCUT2D eigenvalue weighted by molar-refractivity contribution is -0.210. The number of hydrogen-bond donors (Lipinski definition) is 0. The zero-order chi connectivity index (χ0) is 36.8. The summed E-state index contributed by atoms with van der Waals surface area (Å²) in [4.78, 5) is 53.1. The Labute approximate surface area is 305 Å². The Bertz CT molecular complexity index is 896. The molecule has 0 N–H and O–H groups in total. The van der Waals surface area contributed by atoms with Gasteiger partial charge in [0.2, 0.25) is 0 Å². The minimum absolute atomic E-state index is 0.000676. The van der Waals surface area contributed by atoms with E-state index in [1.807, 2.05) is 27.7 Å². The van der Waals surface area contributed by atoms with Gasteiger partial charge in [-0.25, -0.2) is 0 Å². The summed E-state index contributed by atoms with van der Waals surface area (Å²) in [5.41, 5.74) is 0. The third kappa shape index (κ3) is 21.3. The van der Waals surface area contributed by atoms with Crippen LogP contribution in [0.15, 0.2) is 0 Å². The van der Waals surface area contributed by atoms with E-state index < -0.39 is 36.3 Å². The van der Waals surface area contributed by atoms with Crippen LogP contribution in [0.3, 0.4) is 0 Å². The third-order valence-corrected chi connectivity index (χ3v) is 9.55. The molecule has 0 radical (unpaired) electrons. The molecule has 1 fully saturated rings. The highest BCUT2D eigenvalue weighted by Gasteiger charge is 2.50. The van der Waals surface area contributed by atoms with E-state index in [0.29, 0.717) is 45.2 Å². The van der Waals surface area contributed by atoms with E-state index in [4.69, 9.17) is 18.9 Å². The maximum absolute atomic E-state index is 12.9. The summed E-state index contributed by atoms with van der Waals surface area (Å²) in [6.45, 7) is 10.8. The van der Waals surface area contributed by atoms with Crippen molar-refractivity contribution in [2.24, 2.45) is 0 Å². The van der Waals surface area contributed by atoms with Crippen molar-refractivity contribution in [1.82, 2.24) is 4.90 Å². The molecular weight excluding hydrogens is 634 g/mol. The summed E-state index contributed by atoms with van der Waals surface area (Å²) in [6, 6.07) is -0.529. The van der Waals surface area contributed by atoms with Crippen molar-refractivity contribution in [3.05, 3.63) is 0 Å². The van der Waals surface area contributed by atoms with Gasteiger partial charge in [0.1, 0.15) is 6.61 Å². The number of carbonyl (C=O) groups is 4. The zero-order valence-corrected chi connectivity index (χ0v) is 32.8. The van der Waals surface area contributed by atoms with E-state index >= 15 is 0 Å². The molecule has 0 spiro atoms. The van der Waals surface area contributed by atoms with Crippen LogP contribution in [-0.4, -0.2) is 72.8 Å². The largest absolute Gasteiger partial charge is 0.464 e. The first-order valence-electron chi connectivity index (χ1n) is 20.8. The predicted octanol–water partition coefficient (Wildman–Crippen LogP) is 9.80. The molecule has 0 bridgehead atoms. The summed E-state index contributed by atoms with van der Waals surface area (Å²) in [5.74, 6) is -1.55. The molecule has 1 heterocycles. The Morgan fingerprint density at radius 2 is 0.840 bits per heavy atom. The fraction of sp³-hybridized carbons (Fsp3) is 0.902. The van der Waals surface area contributed by atoms with Gasteiger partial charge in [-0.3, -0.25) is 24.1 Å². The van der Waals surface area contributed by atoms with Crippen LogP contribution >= 0.6 is 0 Å². The molecular formula is C41H75NO8. The molecule has 0 aromatic heterocycles. The second-order valence-electron chi connectivity index (χ2n) is 14.3. The monoisotopic (exact) mass is 710 g/mol. The van der Waals surface area contributed by atoms with Crippen LogP contribution < -0.4 is 0 Å². The summed E-state index contributed by atoms with van der Waals surface area (Å²) < 4.78 is 23.6. The molecule has 1 aliphatic heterocycles. The minimum atomic E-state index is -0.989. The van der Waals surface area contributed by atoms with Crippen LogP contribution in [-0.2, 0) is 38.1 Å². The van der Waals surface area contributed by atoms with Gasteiger partial charge >= 0.3 is 23.9 Å². The molecule has 9 nitrogen and oxygen atoms in total. The van der Waals surface area contributed by atoms with Gasteiger partial charge < -0.3 is 18.9 Å². The standard InChI is InChI=1S/C41H75NO8/c1-6-11-12-13-14-15-16-17-18-19-20-21-22-23-24-25-26-31-42-32-35(48-37(44)28-8-3)41(50-39(46)30-10-5)40(49-38(45)29-9-4)34(42)33-47-36(43)27-7-2/h34-35,40-41H,6-33H2,1-5H3/t34-,35+,40-,41-/m1/s1. The Morgan fingerprint density at radius 1 is 0.460 bits per heavy atom. The molecule has 0 aromatic carbocycles. The minimum Gasteiger partial charge on any atom is -0.464 e. The van der Waals surface area contributed by atoms with Gasteiger partial charge in [-0.05, 0) is 38.6 Å². The van der Waals surface area contributed by atoms with Gasteiger partial charge in [0.15, 0.2) is 18.3 Å². The molecule has 1 rings (SSSR count). The molecule has 292 valence electrons. The fourth-order valence-electron chi connectivity index (χ4n) is 6.71. The molecule has 50 heavy (non-hydrogen) atoms. The van der Waals surface area contributed by atoms with Gasteiger partial charge in [0, 0.05) is 32.2 Å². The highest BCUT2D eigenvalue weighted by Crippen LogP contribution is 2.29. The summed E-state index contributed by atoms with van der Waals surface area (Å²) in [5, 5.41) is 0. The molecule has 0 aromatic rings. The van der Waals surface area contributed by atoms with Crippen LogP contribution in [0.1, 0.15) is 195 Å². The first-order chi connectivity index (χ1) is 24.3. The van der Waals surface area contributed by atoms with E-state index in [9.17, 15) is 19.2 Å². The predicted molar refractivity (Wildman–Crippen MR) is 200 cm³/mol. The van der Waals surface area contributed by atoms with E-state index in [2.05, 4.69) is 11.8 Å². The highest BCUT2D eigenvalue weighted by atomic mass is 16.6. The van der Waals surface area contributed by atoms with Crippen LogP contribution in [0, 0.1) is 0 Å². The lowest BCUT2D eigenvalue weighted by atomic mass is 9.92. The molecule has 0 saturated carbocycles. The van der Waals surface area contributed by atoms with Gasteiger partial charge in [-0.1, -0.05) is 137 Å². The van der Waals surface area contributed by atoms with Gasteiger partial charge in [-0.2, -0.15) is 0 Å². The van der Waals surface area contributed by atoms with Crippen molar-refractivity contribution < 1.29 is 38.1 Å². The Balaban J connectivity index is 2.80. The number of carbonyl (C=O) groups excluding carboxylic acids is 4. The number of unbranched alkanes of at least 4 members (excludes halogenated alkanes) is 16. The second-order valence-corrected chi connectivity index (χ2v) is 14.3. The van der Waals surface area contributed by atoms with Crippen molar-refractivity contribution in [1.29, 1.82) is 0 Å². The second kappa shape index (κ2) is 30.5. The number of esters is 4. The van der Waals surface area contributed by atoms with Crippen molar-refractivity contribution in [2.75, 3.05) is 19.7 Å². The van der Waals surface area contributed by atoms with E-state index in [1.54, 1.807) is 0 Å². The van der Waals surface area contributed by atoms with Crippen LogP contribution in [0.5, 0.6) is 0 Å². The lowest BCUT2D eigenvalue weighted by Gasteiger charge is -2.47. The number of hydrogen-bond acceptors (Lipinski definition) is 9. The SMILES string of the molecule is CCCCCCCCCCCCCCCCCCCN1C[C@H](OC(=O)CCC)[C@@H](OC(=O)CCC)[C@H](OC(=O)CCC)[C@H]1COC(=O)CCC. The normalized spacial score (nSPS) is 19.2. The first kappa shape index (κ1) is 45.9. The summed E-state index contributed by atoms with van der Waals surface area (Å²) in [6.07, 6.45) is 22.6. The van der Waals surface area contributed by atoms with E-state index in [1.165, 1.54) is 89.9 Å². The van der Waals surface area contributed by atoms with Crippen molar-refractivity contribution >= 4 is 23.9 Å². The Kier molecular flexibility index (Phi) is 27.9. The molecule has 1 saturated heterocycles. The van der Waals surface area contributed by atoms with Crippen molar-refractivity contribution in [2.45, 2.75) is 219 Å². The molecule has 9 heteroatoms. The number of piperidine rings is 1. The molecule has 0 amide bonds. The fourth-order valence-corrected chi connectivity index (χ4v) is 6.71. The smallest absolute Gasteiger partial charge is 0.306 e. The van der Waals surface area contributed by atoms with Crippen LogP contribution in [0.25, 0.3) is 0 Å². The first-order valence-corrected chi connectivity index (χ1v) is 20.8. The van der Waals surface area contributed by atoms with E-state index in [-0.39, 0.29) is 37.8 Å². The number of nitrogens with zero attached hydrogens (tertiary/aromatic N) is 1. The zero-order valence-electron chi connectivity index (χ0n) is 32.8.